The molecule has 1 N–H and O–H groups in total. The third kappa shape index (κ3) is 5.78. The number of hydrogen-bond donors (Lipinski definition) is 1. The fourth-order valence-electron chi connectivity index (χ4n) is 2.57. The quantitative estimate of drug-likeness (QED) is 0.678. The summed E-state index contributed by atoms with van der Waals surface area (Å²) in [7, 11) is -2.44. The predicted octanol–water partition coefficient (Wildman–Crippen LogP) is 2.80. The Morgan fingerprint density at radius 2 is 1.86 bits per heavy atom. The highest BCUT2D eigenvalue weighted by atomic mass is 32.2. The summed E-state index contributed by atoms with van der Waals surface area (Å²) in [5.74, 6) is -1.54. The molecule has 0 spiro atoms. The number of nitrogens with zero attached hydrogens (tertiary/aromatic N) is 1. The molecule has 2 aromatic carbocycles. The number of nitrogens with one attached hydrogen (secondary N) is 1. The van der Waals surface area contributed by atoms with Crippen LogP contribution < -0.4 is 9.62 Å². The summed E-state index contributed by atoms with van der Waals surface area (Å²) in [4.78, 5) is 23.7. The molecule has 9 heteroatoms. The van der Waals surface area contributed by atoms with Crippen molar-refractivity contribution in [3.05, 3.63) is 59.9 Å². The summed E-state index contributed by atoms with van der Waals surface area (Å²) >= 11 is 0. The van der Waals surface area contributed by atoms with E-state index in [0.29, 0.717) is 11.3 Å². The SMILES string of the molecule is COC(=O)c1cccc(NC(=O)CCCN(c2ccccc2F)S(C)(=O)=O)c1. The van der Waals surface area contributed by atoms with E-state index in [1.807, 2.05) is 0 Å². The molecule has 1 amide bonds. The number of ether oxygens (including phenoxy) is 1. The summed E-state index contributed by atoms with van der Waals surface area (Å²) in [5.41, 5.74) is 0.654. The third-order valence-corrected chi connectivity index (χ3v) is 5.03. The minimum Gasteiger partial charge on any atom is -0.465 e. The second kappa shape index (κ2) is 9.32. The van der Waals surface area contributed by atoms with Gasteiger partial charge in [-0.05, 0) is 36.8 Å². The minimum absolute atomic E-state index is 0.0168. The number of carbonyl (C=O) groups excluding carboxylic acids is 2. The predicted molar refractivity (Wildman–Crippen MR) is 104 cm³/mol. The van der Waals surface area contributed by atoms with E-state index in [1.54, 1.807) is 18.2 Å². The van der Waals surface area contributed by atoms with Gasteiger partial charge in [-0.3, -0.25) is 9.10 Å². The number of rotatable bonds is 8. The topological polar surface area (TPSA) is 92.8 Å². The Labute approximate surface area is 163 Å². The molecule has 0 unspecified atom stereocenters. The molecule has 0 atom stereocenters. The zero-order valence-electron chi connectivity index (χ0n) is 15.5. The summed E-state index contributed by atoms with van der Waals surface area (Å²) in [5, 5.41) is 2.64. The van der Waals surface area contributed by atoms with Crippen molar-refractivity contribution in [3.63, 3.8) is 0 Å². The van der Waals surface area contributed by atoms with Gasteiger partial charge in [0.05, 0.1) is 24.6 Å². The number of amides is 1. The number of sulfonamides is 1. The molecule has 0 fully saturated rings. The van der Waals surface area contributed by atoms with Crippen molar-refractivity contribution in [1.82, 2.24) is 0 Å². The number of benzene rings is 2. The second-order valence-corrected chi connectivity index (χ2v) is 7.92. The maximum absolute atomic E-state index is 14.0. The van der Waals surface area contributed by atoms with E-state index in [4.69, 9.17) is 0 Å². The average Bonchev–Trinajstić information content (AvgIpc) is 2.64. The van der Waals surface area contributed by atoms with Crippen LogP contribution in [0.5, 0.6) is 0 Å². The van der Waals surface area contributed by atoms with Crippen LogP contribution in [0.4, 0.5) is 15.8 Å². The van der Waals surface area contributed by atoms with E-state index in [0.717, 1.165) is 10.6 Å². The van der Waals surface area contributed by atoms with Crippen LogP contribution in [0.25, 0.3) is 0 Å². The lowest BCUT2D eigenvalue weighted by Crippen LogP contribution is -2.32. The van der Waals surface area contributed by atoms with E-state index in [2.05, 4.69) is 10.1 Å². The van der Waals surface area contributed by atoms with Crippen LogP contribution in [0.2, 0.25) is 0 Å². The number of methoxy groups -OCH3 is 1. The van der Waals surface area contributed by atoms with Crippen LogP contribution in [0.15, 0.2) is 48.5 Å². The van der Waals surface area contributed by atoms with Crippen LogP contribution >= 0.6 is 0 Å². The third-order valence-electron chi connectivity index (χ3n) is 3.85. The van der Waals surface area contributed by atoms with Crippen molar-refractivity contribution in [3.8, 4) is 0 Å². The fourth-order valence-corrected chi connectivity index (χ4v) is 3.53. The first kappa shape index (κ1) is 21.4. The zero-order valence-corrected chi connectivity index (χ0v) is 16.3. The molecule has 28 heavy (non-hydrogen) atoms. The van der Waals surface area contributed by atoms with Crippen molar-refractivity contribution in [2.45, 2.75) is 12.8 Å². The molecule has 150 valence electrons. The molecule has 0 saturated carbocycles. The van der Waals surface area contributed by atoms with Gasteiger partial charge in [0.15, 0.2) is 0 Å². The van der Waals surface area contributed by atoms with Gasteiger partial charge in [-0.15, -0.1) is 0 Å². The lowest BCUT2D eigenvalue weighted by Gasteiger charge is -2.22. The molecule has 2 rings (SSSR count). The molecule has 0 aliphatic rings. The van der Waals surface area contributed by atoms with Crippen LogP contribution in [0, 0.1) is 5.82 Å². The summed E-state index contributed by atoms with van der Waals surface area (Å²) < 4.78 is 43.5. The molecule has 0 radical (unpaired) electrons. The van der Waals surface area contributed by atoms with E-state index in [-0.39, 0.29) is 31.0 Å². The van der Waals surface area contributed by atoms with Gasteiger partial charge in [-0.25, -0.2) is 17.6 Å². The Balaban J connectivity index is 1.98. The van der Waals surface area contributed by atoms with Crippen LogP contribution in [-0.2, 0) is 19.6 Å². The molecule has 0 aliphatic carbocycles. The van der Waals surface area contributed by atoms with Crippen molar-refractivity contribution in [2.24, 2.45) is 0 Å². The van der Waals surface area contributed by atoms with Crippen molar-refractivity contribution in [1.29, 1.82) is 0 Å². The molecule has 0 saturated heterocycles. The van der Waals surface area contributed by atoms with Gasteiger partial charge in [0.2, 0.25) is 15.9 Å². The van der Waals surface area contributed by atoms with Gasteiger partial charge in [-0.2, -0.15) is 0 Å². The molecule has 0 bridgehead atoms. The number of hydrogen-bond acceptors (Lipinski definition) is 5. The number of carbonyl (C=O) groups is 2. The average molecular weight is 408 g/mol. The van der Waals surface area contributed by atoms with E-state index < -0.39 is 21.8 Å². The Kier molecular flexibility index (Phi) is 7.11. The zero-order chi connectivity index (χ0) is 20.7. The Morgan fingerprint density at radius 1 is 1.14 bits per heavy atom. The van der Waals surface area contributed by atoms with Crippen molar-refractivity contribution >= 4 is 33.3 Å². The first-order valence-corrected chi connectivity index (χ1v) is 10.3. The van der Waals surface area contributed by atoms with E-state index in [1.165, 1.54) is 37.4 Å². The van der Waals surface area contributed by atoms with Gasteiger partial charge in [0, 0.05) is 18.7 Å². The van der Waals surface area contributed by atoms with Gasteiger partial charge in [-0.1, -0.05) is 18.2 Å². The van der Waals surface area contributed by atoms with Crippen LogP contribution in [0.3, 0.4) is 0 Å². The van der Waals surface area contributed by atoms with Crippen molar-refractivity contribution in [2.75, 3.05) is 29.5 Å². The highest BCUT2D eigenvalue weighted by Crippen LogP contribution is 2.22. The van der Waals surface area contributed by atoms with Crippen LogP contribution in [-0.4, -0.2) is 40.2 Å². The standard InChI is InChI=1S/C19H21FN2O5S/c1-27-19(24)14-7-5-8-15(13-14)21-18(23)11-6-12-22(28(2,25)26)17-10-4-3-9-16(17)20/h3-5,7-10,13H,6,11-12H2,1-2H3,(H,21,23). The number of para-hydroxylation sites is 1. The second-order valence-electron chi connectivity index (χ2n) is 6.01. The Bertz CT molecular complexity index is 962. The van der Waals surface area contributed by atoms with Gasteiger partial charge < -0.3 is 10.1 Å². The normalized spacial score (nSPS) is 11.0. The van der Waals surface area contributed by atoms with Gasteiger partial charge >= 0.3 is 5.97 Å². The Morgan fingerprint density at radius 3 is 2.50 bits per heavy atom. The molecule has 0 aromatic heterocycles. The van der Waals surface area contributed by atoms with Gasteiger partial charge in [0.25, 0.3) is 0 Å². The number of halogens is 1. The molecule has 7 nitrogen and oxygen atoms in total. The largest absolute Gasteiger partial charge is 0.465 e. The highest BCUT2D eigenvalue weighted by Gasteiger charge is 2.20. The first-order chi connectivity index (χ1) is 13.2. The monoisotopic (exact) mass is 408 g/mol. The maximum atomic E-state index is 14.0. The lowest BCUT2D eigenvalue weighted by molar-refractivity contribution is -0.116. The smallest absolute Gasteiger partial charge is 0.337 e. The van der Waals surface area contributed by atoms with Crippen LogP contribution in [0.1, 0.15) is 23.2 Å². The summed E-state index contributed by atoms with van der Waals surface area (Å²) in [6.07, 6.45) is 1.19. The lowest BCUT2D eigenvalue weighted by atomic mass is 10.2. The van der Waals surface area contributed by atoms with Gasteiger partial charge in [0.1, 0.15) is 5.82 Å². The summed E-state index contributed by atoms with van der Waals surface area (Å²) in [6.45, 7) is -0.0462. The van der Waals surface area contributed by atoms with E-state index in [9.17, 15) is 22.4 Å². The molecule has 0 aliphatic heterocycles. The minimum atomic E-state index is -3.71. The Hall–Kier alpha value is -2.94. The first-order valence-electron chi connectivity index (χ1n) is 8.43. The molecular formula is C19H21FN2O5S. The number of anilines is 2. The van der Waals surface area contributed by atoms with E-state index >= 15 is 0 Å². The molecule has 2 aromatic rings. The summed E-state index contributed by atoms with van der Waals surface area (Å²) in [6, 6.07) is 11.8. The fraction of sp³-hybridized carbons (Fsp3) is 0.263. The number of esters is 1. The van der Waals surface area contributed by atoms with Crippen molar-refractivity contribution < 1.29 is 27.1 Å². The molecule has 0 heterocycles. The highest BCUT2D eigenvalue weighted by molar-refractivity contribution is 7.92. The molecular weight excluding hydrogens is 387 g/mol. The maximum Gasteiger partial charge on any atom is 0.337 e.